The molecule has 0 fully saturated rings. The van der Waals surface area contributed by atoms with Gasteiger partial charge in [-0.15, -0.1) is 0 Å². The van der Waals surface area contributed by atoms with Crippen molar-refractivity contribution in [2.24, 2.45) is 0 Å². The van der Waals surface area contributed by atoms with E-state index in [2.05, 4.69) is 25.9 Å². The molecule has 0 spiro atoms. The van der Waals surface area contributed by atoms with Crippen molar-refractivity contribution in [3.8, 4) is 0 Å². The average molecular weight is 258 g/mol. The predicted octanol–water partition coefficient (Wildman–Crippen LogP) is 5.89. The van der Waals surface area contributed by atoms with E-state index in [1.807, 2.05) is 13.8 Å². The molecule has 112 valence electrons. The summed E-state index contributed by atoms with van der Waals surface area (Å²) in [5.41, 5.74) is 0. The highest BCUT2D eigenvalue weighted by Gasteiger charge is 1.93. The van der Waals surface area contributed by atoms with Crippen LogP contribution in [0.4, 0.5) is 0 Å². The van der Waals surface area contributed by atoms with Gasteiger partial charge in [0.05, 0.1) is 0 Å². The van der Waals surface area contributed by atoms with Crippen LogP contribution in [-0.4, -0.2) is 25.5 Å². The zero-order chi connectivity index (χ0) is 14.1. The molecule has 0 aromatic rings. The Kier molecular flexibility index (Phi) is 21.7. The molecule has 0 unspecified atom stereocenters. The molecule has 1 nitrogen and oxygen atoms in total. The zero-order valence-electron chi connectivity index (χ0n) is 13.9. The molecule has 0 aromatic heterocycles. The molecular formula is C17H39N. The van der Waals surface area contributed by atoms with Crippen molar-refractivity contribution in [1.29, 1.82) is 0 Å². The van der Waals surface area contributed by atoms with E-state index < -0.39 is 0 Å². The van der Waals surface area contributed by atoms with Crippen molar-refractivity contribution >= 4 is 0 Å². The second kappa shape index (κ2) is 19.3. The molecular weight excluding hydrogens is 218 g/mol. The number of hydrogen-bond donors (Lipinski definition) is 0. The van der Waals surface area contributed by atoms with Crippen molar-refractivity contribution in [3.63, 3.8) is 0 Å². The summed E-state index contributed by atoms with van der Waals surface area (Å²) >= 11 is 0. The molecule has 0 aromatic carbocycles. The van der Waals surface area contributed by atoms with Gasteiger partial charge in [-0.05, 0) is 27.1 Å². The predicted molar refractivity (Wildman–Crippen MR) is 86.4 cm³/mol. The molecule has 0 atom stereocenters. The average Bonchev–Trinajstić information content (AvgIpc) is 2.38. The maximum Gasteiger partial charge on any atom is -0.00248 e. The van der Waals surface area contributed by atoms with E-state index in [1.165, 1.54) is 77.2 Å². The molecule has 0 aliphatic carbocycles. The van der Waals surface area contributed by atoms with E-state index >= 15 is 0 Å². The smallest absolute Gasteiger partial charge is 0.00248 e. The number of nitrogens with zero attached hydrogens (tertiary/aromatic N) is 1. The van der Waals surface area contributed by atoms with E-state index in [4.69, 9.17) is 0 Å². The lowest BCUT2D eigenvalue weighted by atomic mass is 10.1. The molecule has 0 aliphatic heterocycles. The van der Waals surface area contributed by atoms with Gasteiger partial charge in [-0.2, -0.15) is 0 Å². The Balaban J connectivity index is 0. The lowest BCUT2D eigenvalue weighted by Gasteiger charge is -2.08. The Morgan fingerprint density at radius 1 is 0.556 bits per heavy atom. The van der Waals surface area contributed by atoms with Crippen molar-refractivity contribution in [2.75, 3.05) is 20.6 Å². The van der Waals surface area contributed by atoms with Crippen LogP contribution in [0.5, 0.6) is 0 Å². The highest BCUT2D eigenvalue weighted by atomic mass is 15.0. The van der Waals surface area contributed by atoms with E-state index in [0.29, 0.717) is 0 Å². The Bertz CT molecular complexity index is 121. The normalized spacial score (nSPS) is 10.3. The summed E-state index contributed by atoms with van der Waals surface area (Å²) in [5, 5.41) is 0. The van der Waals surface area contributed by atoms with Crippen LogP contribution >= 0.6 is 0 Å². The summed E-state index contributed by atoms with van der Waals surface area (Å²) in [5.74, 6) is 0. The molecule has 0 saturated carbocycles. The molecule has 0 bridgehead atoms. The summed E-state index contributed by atoms with van der Waals surface area (Å²) in [6.45, 7) is 7.55. The Labute approximate surface area is 117 Å². The van der Waals surface area contributed by atoms with Crippen LogP contribution < -0.4 is 0 Å². The van der Waals surface area contributed by atoms with Gasteiger partial charge in [0.25, 0.3) is 0 Å². The third kappa shape index (κ3) is 21.3. The van der Waals surface area contributed by atoms with Crippen LogP contribution in [0.25, 0.3) is 0 Å². The molecule has 0 heterocycles. The third-order valence-electron chi connectivity index (χ3n) is 3.21. The largest absolute Gasteiger partial charge is 0.309 e. The van der Waals surface area contributed by atoms with E-state index in [0.717, 1.165) is 0 Å². The highest BCUT2D eigenvalue weighted by molar-refractivity contribution is 4.49. The molecule has 0 radical (unpaired) electrons. The quantitative estimate of drug-likeness (QED) is 0.394. The Hall–Kier alpha value is -0.0400. The monoisotopic (exact) mass is 257 g/mol. The second-order valence-electron chi connectivity index (χ2n) is 5.34. The Morgan fingerprint density at radius 3 is 1.22 bits per heavy atom. The summed E-state index contributed by atoms with van der Waals surface area (Å²) in [7, 11) is 4.33. The molecule has 1 heteroatoms. The molecule has 0 saturated heterocycles. The maximum absolute atomic E-state index is 2.29. The zero-order valence-corrected chi connectivity index (χ0v) is 13.9. The van der Waals surface area contributed by atoms with E-state index in [1.54, 1.807) is 0 Å². The first-order valence-electron chi connectivity index (χ1n) is 8.42. The highest BCUT2D eigenvalue weighted by Crippen LogP contribution is 2.11. The van der Waals surface area contributed by atoms with E-state index in [9.17, 15) is 0 Å². The van der Waals surface area contributed by atoms with Crippen molar-refractivity contribution in [3.05, 3.63) is 0 Å². The lowest BCUT2D eigenvalue weighted by Crippen LogP contribution is -2.12. The minimum atomic E-state index is 1.26. The van der Waals surface area contributed by atoms with Crippen molar-refractivity contribution < 1.29 is 0 Å². The number of hydrogen-bond acceptors (Lipinski definition) is 1. The molecule has 0 aliphatic rings. The lowest BCUT2D eigenvalue weighted by molar-refractivity contribution is 0.389. The first-order chi connectivity index (χ1) is 8.77. The van der Waals surface area contributed by atoms with Gasteiger partial charge in [-0.25, -0.2) is 0 Å². The van der Waals surface area contributed by atoms with Crippen LogP contribution in [0, 0.1) is 0 Å². The first kappa shape index (κ1) is 20.3. The van der Waals surface area contributed by atoms with Gasteiger partial charge in [0, 0.05) is 0 Å². The van der Waals surface area contributed by atoms with Crippen LogP contribution in [-0.2, 0) is 0 Å². The van der Waals surface area contributed by atoms with Crippen LogP contribution in [0.15, 0.2) is 0 Å². The van der Waals surface area contributed by atoms with Gasteiger partial charge in [0.1, 0.15) is 0 Å². The first-order valence-corrected chi connectivity index (χ1v) is 8.42. The van der Waals surface area contributed by atoms with Gasteiger partial charge in [-0.3, -0.25) is 0 Å². The topological polar surface area (TPSA) is 3.24 Å². The molecule has 0 N–H and O–H groups in total. The minimum Gasteiger partial charge on any atom is -0.309 e. The van der Waals surface area contributed by atoms with Crippen LogP contribution in [0.1, 0.15) is 91.4 Å². The maximum atomic E-state index is 2.29. The number of rotatable bonds is 12. The van der Waals surface area contributed by atoms with Gasteiger partial charge in [0.2, 0.25) is 0 Å². The standard InChI is InChI=1S/C15H33N.C2H6/c1-4-5-6-7-8-9-10-11-12-13-14-15-16(2)3;1-2/h4-15H2,1-3H3;1-2H3. The fourth-order valence-corrected chi connectivity index (χ4v) is 2.09. The van der Waals surface area contributed by atoms with Gasteiger partial charge in [-0.1, -0.05) is 85.0 Å². The minimum absolute atomic E-state index is 1.26. The van der Waals surface area contributed by atoms with Crippen LogP contribution in [0.3, 0.4) is 0 Å². The molecule has 0 amide bonds. The second-order valence-corrected chi connectivity index (χ2v) is 5.34. The van der Waals surface area contributed by atoms with Crippen LogP contribution in [0.2, 0.25) is 0 Å². The van der Waals surface area contributed by atoms with Gasteiger partial charge >= 0.3 is 0 Å². The summed E-state index contributed by atoms with van der Waals surface area (Å²) in [6.07, 6.45) is 15.8. The van der Waals surface area contributed by atoms with Gasteiger partial charge < -0.3 is 4.90 Å². The number of unbranched alkanes of at least 4 members (excludes halogenated alkanes) is 10. The Morgan fingerprint density at radius 2 is 0.889 bits per heavy atom. The summed E-state index contributed by atoms with van der Waals surface area (Å²) in [6, 6.07) is 0. The molecule has 0 rings (SSSR count). The summed E-state index contributed by atoms with van der Waals surface area (Å²) in [4.78, 5) is 2.29. The van der Waals surface area contributed by atoms with Crippen molar-refractivity contribution in [1.82, 2.24) is 4.90 Å². The fourth-order valence-electron chi connectivity index (χ4n) is 2.09. The fraction of sp³-hybridized carbons (Fsp3) is 1.00. The van der Waals surface area contributed by atoms with E-state index in [-0.39, 0.29) is 0 Å². The third-order valence-corrected chi connectivity index (χ3v) is 3.21. The van der Waals surface area contributed by atoms with Gasteiger partial charge in [0.15, 0.2) is 0 Å². The van der Waals surface area contributed by atoms with Crippen molar-refractivity contribution in [2.45, 2.75) is 91.4 Å². The SMILES string of the molecule is CC.CCCCCCCCCCCCCN(C)C. The molecule has 18 heavy (non-hydrogen) atoms. The summed E-state index contributed by atoms with van der Waals surface area (Å²) < 4.78 is 0.